The van der Waals surface area contributed by atoms with Crippen LogP contribution in [0.1, 0.15) is 31.2 Å². The molecule has 3 atom stereocenters. The average Bonchev–Trinajstić information content (AvgIpc) is 2.83. The lowest BCUT2D eigenvalue weighted by atomic mass is 9.92. The number of fused-ring (bicyclic) bond motifs is 2. The number of ether oxygens (including phenoxy) is 1. The molecule has 2 N–H and O–H groups in total. The monoisotopic (exact) mass is 274 g/mol. The number of rotatable bonds is 4. The lowest BCUT2D eigenvalue weighted by Gasteiger charge is -2.29. The molecule has 2 saturated heterocycles. The predicted molar refractivity (Wildman–Crippen MR) is 77.3 cm³/mol. The Morgan fingerprint density at radius 3 is 2.60 bits per heavy atom. The van der Waals surface area contributed by atoms with Crippen LogP contribution in [0.2, 0.25) is 0 Å². The van der Waals surface area contributed by atoms with Crippen LogP contribution in [0, 0.1) is 5.92 Å². The van der Waals surface area contributed by atoms with Crippen LogP contribution >= 0.6 is 0 Å². The molecule has 1 amide bonds. The molecule has 0 radical (unpaired) electrons. The van der Waals surface area contributed by atoms with Gasteiger partial charge < -0.3 is 15.4 Å². The lowest BCUT2D eigenvalue weighted by Crippen LogP contribution is -2.42. The van der Waals surface area contributed by atoms with Crippen LogP contribution in [0.15, 0.2) is 30.3 Å². The van der Waals surface area contributed by atoms with Crippen molar-refractivity contribution in [2.24, 2.45) is 5.92 Å². The summed E-state index contributed by atoms with van der Waals surface area (Å²) in [6.45, 7) is 1.08. The molecule has 20 heavy (non-hydrogen) atoms. The Bertz CT molecular complexity index is 437. The maximum absolute atomic E-state index is 11.7. The van der Waals surface area contributed by atoms with E-state index in [9.17, 15) is 4.79 Å². The molecular formula is C16H22N2O2. The second kappa shape index (κ2) is 6.27. The van der Waals surface area contributed by atoms with Crippen LogP contribution in [-0.2, 0) is 11.3 Å². The number of piperidine rings is 1. The molecule has 0 aromatic heterocycles. The molecule has 2 aliphatic heterocycles. The normalized spacial score (nSPS) is 28.1. The van der Waals surface area contributed by atoms with Crippen molar-refractivity contribution in [1.82, 2.24) is 10.6 Å². The molecule has 108 valence electrons. The highest BCUT2D eigenvalue weighted by atomic mass is 16.5. The molecule has 4 heteroatoms. The zero-order chi connectivity index (χ0) is 13.8. The number of alkyl carbamates (subject to hydrolysis) is 1. The van der Waals surface area contributed by atoms with Crippen molar-refractivity contribution >= 4 is 6.09 Å². The highest BCUT2D eigenvalue weighted by Gasteiger charge is 2.33. The van der Waals surface area contributed by atoms with E-state index in [0.29, 0.717) is 24.6 Å². The smallest absolute Gasteiger partial charge is 0.407 e. The van der Waals surface area contributed by atoms with Crippen LogP contribution in [-0.4, -0.2) is 24.7 Å². The van der Waals surface area contributed by atoms with E-state index in [1.165, 1.54) is 25.7 Å². The standard InChI is InChI=1S/C16H22N2O2/c19-16(20-11-12-4-2-1-3-5-12)17-10-13-8-14-6-7-15(9-13)18-14/h1-5,13-15,18H,6-11H2,(H,17,19)/t13?,14-,15+. The minimum absolute atomic E-state index is 0.306. The van der Waals surface area contributed by atoms with Gasteiger partial charge in [0.05, 0.1) is 0 Å². The molecule has 2 aliphatic rings. The van der Waals surface area contributed by atoms with Gasteiger partial charge in [-0.25, -0.2) is 4.79 Å². The van der Waals surface area contributed by atoms with Crippen molar-refractivity contribution in [2.75, 3.05) is 6.54 Å². The Morgan fingerprint density at radius 1 is 1.20 bits per heavy atom. The summed E-state index contributed by atoms with van der Waals surface area (Å²) < 4.78 is 5.22. The van der Waals surface area contributed by atoms with E-state index in [0.717, 1.165) is 12.1 Å². The molecule has 0 saturated carbocycles. The van der Waals surface area contributed by atoms with Gasteiger partial charge in [-0.05, 0) is 37.2 Å². The molecule has 3 rings (SSSR count). The lowest BCUT2D eigenvalue weighted by molar-refractivity contribution is 0.136. The summed E-state index contributed by atoms with van der Waals surface area (Å²) in [5.74, 6) is 0.595. The number of nitrogens with one attached hydrogen (secondary N) is 2. The van der Waals surface area contributed by atoms with E-state index in [4.69, 9.17) is 4.74 Å². The molecule has 4 nitrogen and oxygen atoms in total. The largest absolute Gasteiger partial charge is 0.445 e. The highest BCUT2D eigenvalue weighted by Crippen LogP contribution is 2.30. The molecule has 1 aromatic carbocycles. The van der Waals surface area contributed by atoms with Gasteiger partial charge in [-0.3, -0.25) is 0 Å². The third-order valence-corrected chi connectivity index (χ3v) is 4.32. The Kier molecular flexibility index (Phi) is 4.21. The SMILES string of the molecule is O=C(NCC1C[C@H]2CC[C@@H](C1)N2)OCc1ccccc1. The zero-order valence-corrected chi connectivity index (χ0v) is 11.7. The summed E-state index contributed by atoms with van der Waals surface area (Å²) in [5.41, 5.74) is 1.02. The Morgan fingerprint density at radius 2 is 1.90 bits per heavy atom. The van der Waals surface area contributed by atoms with Gasteiger partial charge in [0.1, 0.15) is 6.61 Å². The fourth-order valence-electron chi connectivity index (χ4n) is 3.34. The zero-order valence-electron chi connectivity index (χ0n) is 11.7. The van der Waals surface area contributed by atoms with Crippen LogP contribution in [0.5, 0.6) is 0 Å². The molecule has 2 fully saturated rings. The van der Waals surface area contributed by atoms with Crippen LogP contribution < -0.4 is 10.6 Å². The summed E-state index contributed by atoms with van der Waals surface area (Å²) in [7, 11) is 0. The predicted octanol–water partition coefficient (Wildman–Crippen LogP) is 2.44. The van der Waals surface area contributed by atoms with E-state index in [1.54, 1.807) is 0 Å². The van der Waals surface area contributed by atoms with E-state index in [1.807, 2.05) is 30.3 Å². The third kappa shape index (κ3) is 3.51. The van der Waals surface area contributed by atoms with E-state index in [2.05, 4.69) is 10.6 Å². The first kappa shape index (κ1) is 13.4. The van der Waals surface area contributed by atoms with Crippen molar-refractivity contribution in [2.45, 2.75) is 44.4 Å². The Hall–Kier alpha value is -1.55. The number of benzene rings is 1. The van der Waals surface area contributed by atoms with Crippen LogP contribution in [0.4, 0.5) is 4.79 Å². The van der Waals surface area contributed by atoms with Gasteiger partial charge in [0.2, 0.25) is 0 Å². The van der Waals surface area contributed by atoms with Crippen molar-refractivity contribution in [3.8, 4) is 0 Å². The average molecular weight is 274 g/mol. The van der Waals surface area contributed by atoms with Gasteiger partial charge in [-0.15, -0.1) is 0 Å². The fraction of sp³-hybridized carbons (Fsp3) is 0.562. The van der Waals surface area contributed by atoms with E-state index in [-0.39, 0.29) is 6.09 Å². The molecule has 2 heterocycles. The van der Waals surface area contributed by atoms with Gasteiger partial charge >= 0.3 is 6.09 Å². The van der Waals surface area contributed by atoms with Crippen molar-refractivity contribution in [1.29, 1.82) is 0 Å². The van der Waals surface area contributed by atoms with Crippen LogP contribution in [0.25, 0.3) is 0 Å². The molecule has 1 aromatic rings. The number of amides is 1. The minimum Gasteiger partial charge on any atom is -0.445 e. The Balaban J connectivity index is 1.37. The summed E-state index contributed by atoms with van der Waals surface area (Å²) in [6, 6.07) is 11.1. The first-order valence-electron chi connectivity index (χ1n) is 7.50. The number of hydrogen-bond acceptors (Lipinski definition) is 3. The van der Waals surface area contributed by atoms with Gasteiger partial charge in [-0.1, -0.05) is 30.3 Å². The number of hydrogen-bond donors (Lipinski definition) is 2. The molecular weight excluding hydrogens is 252 g/mol. The van der Waals surface area contributed by atoms with Gasteiger partial charge in [0.25, 0.3) is 0 Å². The van der Waals surface area contributed by atoms with Gasteiger partial charge in [0.15, 0.2) is 0 Å². The molecule has 1 unspecified atom stereocenters. The summed E-state index contributed by atoms with van der Waals surface area (Å²) >= 11 is 0. The van der Waals surface area contributed by atoms with Crippen molar-refractivity contribution in [3.63, 3.8) is 0 Å². The maximum atomic E-state index is 11.7. The third-order valence-electron chi connectivity index (χ3n) is 4.32. The van der Waals surface area contributed by atoms with Crippen molar-refractivity contribution in [3.05, 3.63) is 35.9 Å². The second-order valence-corrected chi connectivity index (χ2v) is 5.92. The van der Waals surface area contributed by atoms with E-state index >= 15 is 0 Å². The number of carbonyl (C=O) groups is 1. The van der Waals surface area contributed by atoms with Gasteiger partial charge in [0, 0.05) is 18.6 Å². The topological polar surface area (TPSA) is 50.4 Å². The summed E-state index contributed by atoms with van der Waals surface area (Å²) in [5, 5.41) is 6.51. The van der Waals surface area contributed by atoms with Gasteiger partial charge in [-0.2, -0.15) is 0 Å². The van der Waals surface area contributed by atoms with Crippen molar-refractivity contribution < 1.29 is 9.53 Å². The minimum atomic E-state index is -0.306. The molecule has 0 spiro atoms. The fourth-order valence-corrected chi connectivity index (χ4v) is 3.34. The molecule has 2 bridgehead atoms. The Labute approximate surface area is 119 Å². The summed E-state index contributed by atoms with van der Waals surface area (Å²) in [4.78, 5) is 11.7. The number of carbonyl (C=O) groups excluding carboxylic acids is 1. The molecule has 0 aliphatic carbocycles. The second-order valence-electron chi connectivity index (χ2n) is 5.92. The summed E-state index contributed by atoms with van der Waals surface area (Å²) in [6.07, 6.45) is 4.63. The highest BCUT2D eigenvalue weighted by molar-refractivity contribution is 5.67. The first-order valence-corrected chi connectivity index (χ1v) is 7.50. The van der Waals surface area contributed by atoms with Crippen LogP contribution in [0.3, 0.4) is 0 Å². The first-order chi connectivity index (χ1) is 9.79. The maximum Gasteiger partial charge on any atom is 0.407 e. The van der Waals surface area contributed by atoms with E-state index < -0.39 is 0 Å². The quantitative estimate of drug-likeness (QED) is 0.886.